The molecule has 0 aliphatic rings. The molecule has 0 aliphatic heterocycles. The van der Waals surface area contributed by atoms with E-state index in [0.717, 1.165) is 23.3 Å². The number of methoxy groups -OCH3 is 1. The fraction of sp³-hybridized carbons (Fsp3) is 0.250. The number of aryl methyl sites for hydroxylation is 2. The quantitative estimate of drug-likeness (QED) is 0.398. The number of anilines is 1. The van der Waals surface area contributed by atoms with Crippen molar-refractivity contribution in [1.82, 2.24) is 19.9 Å². The predicted octanol–water partition coefficient (Wildman–Crippen LogP) is 4.04. The van der Waals surface area contributed by atoms with Crippen LogP contribution in [0.3, 0.4) is 0 Å². The zero-order valence-corrected chi connectivity index (χ0v) is 19.2. The highest BCUT2D eigenvalue weighted by atomic mass is 35.5. The summed E-state index contributed by atoms with van der Waals surface area (Å²) in [5.74, 6) is 1.73. The lowest BCUT2D eigenvalue weighted by molar-refractivity contribution is 0.358. The van der Waals surface area contributed by atoms with Crippen molar-refractivity contribution in [1.29, 1.82) is 0 Å². The third-order valence-electron chi connectivity index (χ3n) is 5.27. The van der Waals surface area contributed by atoms with Gasteiger partial charge >= 0.3 is 0 Å². The van der Waals surface area contributed by atoms with Gasteiger partial charge in [-0.2, -0.15) is 10.1 Å². The van der Waals surface area contributed by atoms with Gasteiger partial charge in [-0.15, -0.1) is 0 Å². The zero-order valence-electron chi connectivity index (χ0n) is 18.4. The van der Waals surface area contributed by atoms with Crippen molar-refractivity contribution in [3.05, 3.63) is 98.5 Å². The lowest BCUT2D eigenvalue weighted by Gasteiger charge is -2.11. The summed E-state index contributed by atoms with van der Waals surface area (Å²) in [6.07, 6.45) is 3.03. The van der Waals surface area contributed by atoms with Gasteiger partial charge in [0.15, 0.2) is 5.82 Å². The highest BCUT2D eigenvalue weighted by molar-refractivity contribution is 6.30. The second-order valence-corrected chi connectivity index (χ2v) is 8.01. The van der Waals surface area contributed by atoms with E-state index < -0.39 is 0 Å². The summed E-state index contributed by atoms with van der Waals surface area (Å²) in [6.45, 7) is 2.45. The lowest BCUT2D eigenvalue weighted by Crippen LogP contribution is -2.26. The molecule has 0 fully saturated rings. The lowest BCUT2D eigenvalue weighted by atomic mass is 10.1. The summed E-state index contributed by atoms with van der Waals surface area (Å²) in [6, 6.07) is 15.4. The molecule has 0 amide bonds. The average molecular weight is 466 g/mol. The molecular weight excluding hydrogens is 442 g/mol. The third-order valence-corrected chi connectivity index (χ3v) is 5.53. The largest absolute Gasteiger partial charge is 0.497 e. The average Bonchev–Trinajstić information content (AvgIpc) is 3.29. The SMILES string of the molecule is COc1ccc(CNc2cnn(Cc3nc(CCc4ccc(Cl)cc4)no3)c(=O)c2C)cc1. The van der Waals surface area contributed by atoms with Crippen LogP contribution in [0.5, 0.6) is 5.75 Å². The van der Waals surface area contributed by atoms with E-state index >= 15 is 0 Å². The molecule has 0 saturated carbocycles. The van der Waals surface area contributed by atoms with Crippen molar-refractivity contribution in [2.75, 3.05) is 12.4 Å². The monoisotopic (exact) mass is 465 g/mol. The minimum atomic E-state index is -0.212. The van der Waals surface area contributed by atoms with E-state index in [0.29, 0.717) is 41.0 Å². The van der Waals surface area contributed by atoms with Gasteiger partial charge in [0.25, 0.3) is 5.56 Å². The number of benzene rings is 2. The first kappa shape index (κ1) is 22.5. The van der Waals surface area contributed by atoms with E-state index in [2.05, 4.69) is 20.6 Å². The van der Waals surface area contributed by atoms with Crippen LogP contribution in [-0.2, 0) is 25.9 Å². The van der Waals surface area contributed by atoms with Gasteiger partial charge in [-0.05, 0) is 48.7 Å². The molecule has 33 heavy (non-hydrogen) atoms. The molecule has 4 rings (SSSR count). The molecule has 2 heterocycles. The van der Waals surface area contributed by atoms with Crippen molar-refractivity contribution in [3.63, 3.8) is 0 Å². The van der Waals surface area contributed by atoms with Crippen LogP contribution >= 0.6 is 11.6 Å². The Balaban J connectivity index is 1.37. The summed E-state index contributed by atoms with van der Waals surface area (Å²) >= 11 is 5.92. The van der Waals surface area contributed by atoms with E-state index in [1.807, 2.05) is 48.5 Å². The minimum absolute atomic E-state index is 0.117. The van der Waals surface area contributed by atoms with E-state index in [9.17, 15) is 4.79 Å². The molecule has 1 N–H and O–H groups in total. The predicted molar refractivity (Wildman–Crippen MR) is 126 cm³/mol. The maximum Gasteiger partial charge on any atom is 0.272 e. The number of hydrogen-bond donors (Lipinski definition) is 1. The summed E-state index contributed by atoms with van der Waals surface area (Å²) in [5, 5.41) is 12.2. The van der Waals surface area contributed by atoms with Gasteiger partial charge in [0.1, 0.15) is 12.3 Å². The van der Waals surface area contributed by atoms with Gasteiger partial charge in [-0.3, -0.25) is 4.79 Å². The van der Waals surface area contributed by atoms with Crippen molar-refractivity contribution in [3.8, 4) is 5.75 Å². The molecule has 8 nitrogen and oxygen atoms in total. The van der Waals surface area contributed by atoms with Crippen molar-refractivity contribution in [2.45, 2.75) is 32.9 Å². The fourth-order valence-electron chi connectivity index (χ4n) is 3.31. The maximum atomic E-state index is 12.8. The van der Waals surface area contributed by atoms with Gasteiger partial charge in [0.05, 0.1) is 19.0 Å². The molecule has 170 valence electrons. The topological polar surface area (TPSA) is 95.1 Å². The Bertz CT molecular complexity index is 1270. The molecule has 9 heteroatoms. The van der Waals surface area contributed by atoms with Crippen molar-refractivity contribution >= 4 is 17.3 Å². The van der Waals surface area contributed by atoms with Gasteiger partial charge in [-0.1, -0.05) is 41.0 Å². The molecule has 2 aromatic heterocycles. The summed E-state index contributed by atoms with van der Waals surface area (Å²) in [4.78, 5) is 17.2. The Kier molecular flexibility index (Phi) is 7.04. The Labute approximate surface area is 196 Å². The summed E-state index contributed by atoms with van der Waals surface area (Å²) in [5.41, 5.74) is 3.24. The number of nitrogens with zero attached hydrogens (tertiary/aromatic N) is 4. The number of hydrogen-bond acceptors (Lipinski definition) is 7. The minimum Gasteiger partial charge on any atom is -0.497 e. The number of rotatable bonds is 9. The maximum absolute atomic E-state index is 12.8. The normalized spacial score (nSPS) is 10.9. The number of halogens is 1. The second kappa shape index (κ2) is 10.3. The highest BCUT2D eigenvalue weighted by Crippen LogP contribution is 2.15. The molecule has 0 bridgehead atoms. The zero-order chi connectivity index (χ0) is 23.2. The molecule has 0 atom stereocenters. The molecular formula is C24H24ClN5O3. The molecule has 0 saturated heterocycles. The Hall–Kier alpha value is -3.65. The van der Waals surface area contributed by atoms with Crippen LogP contribution in [0, 0.1) is 6.92 Å². The molecule has 0 aliphatic carbocycles. The standard InChI is InChI=1S/C24H24ClN5O3/c1-16-21(26-13-18-5-10-20(32-2)11-6-18)14-27-30(24(16)31)15-23-28-22(29-33-23)12-7-17-3-8-19(25)9-4-17/h3-6,8-11,14,26H,7,12-13,15H2,1-2H3. The van der Waals surface area contributed by atoms with Crippen LogP contribution in [0.1, 0.15) is 28.4 Å². The summed E-state index contributed by atoms with van der Waals surface area (Å²) < 4.78 is 11.8. The first-order valence-electron chi connectivity index (χ1n) is 10.5. The van der Waals surface area contributed by atoms with Crippen LogP contribution in [0.2, 0.25) is 5.02 Å². The summed E-state index contributed by atoms with van der Waals surface area (Å²) in [7, 11) is 1.63. The van der Waals surface area contributed by atoms with E-state index in [1.54, 1.807) is 20.2 Å². The van der Waals surface area contributed by atoms with Crippen LogP contribution in [-0.4, -0.2) is 27.0 Å². The first-order chi connectivity index (χ1) is 16.0. The first-order valence-corrected chi connectivity index (χ1v) is 10.9. The molecule has 4 aromatic rings. The number of ether oxygens (including phenoxy) is 1. The van der Waals surface area contributed by atoms with Crippen molar-refractivity contribution < 1.29 is 9.26 Å². The Morgan fingerprint density at radius 3 is 2.52 bits per heavy atom. The molecule has 2 aromatic carbocycles. The molecule has 0 unspecified atom stereocenters. The number of aromatic nitrogens is 4. The van der Waals surface area contributed by atoms with Crippen LogP contribution in [0.4, 0.5) is 5.69 Å². The second-order valence-electron chi connectivity index (χ2n) is 7.58. The van der Waals surface area contributed by atoms with Gasteiger partial charge in [0, 0.05) is 23.6 Å². The highest BCUT2D eigenvalue weighted by Gasteiger charge is 2.12. The Morgan fingerprint density at radius 2 is 1.79 bits per heavy atom. The fourth-order valence-corrected chi connectivity index (χ4v) is 3.43. The van der Waals surface area contributed by atoms with Crippen LogP contribution in [0.15, 0.2) is 64.0 Å². The Morgan fingerprint density at radius 1 is 1.06 bits per heavy atom. The van der Waals surface area contributed by atoms with Crippen molar-refractivity contribution in [2.24, 2.45) is 0 Å². The van der Waals surface area contributed by atoms with E-state index in [4.69, 9.17) is 20.9 Å². The van der Waals surface area contributed by atoms with E-state index in [1.165, 1.54) is 4.68 Å². The molecule has 0 spiro atoms. The smallest absolute Gasteiger partial charge is 0.272 e. The van der Waals surface area contributed by atoms with E-state index in [-0.39, 0.29) is 12.1 Å². The third kappa shape index (κ3) is 5.78. The van der Waals surface area contributed by atoms with Gasteiger partial charge in [-0.25, -0.2) is 4.68 Å². The van der Waals surface area contributed by atoms with Gasteiger partial charge < -0.3 is 14.6 Å². The molecule has 0 radical (unpaired) electrons. The van der Waals surface area contributed by atoms with Crippen LogP contribution in [0.25, 0.3) is 0 Å². The van der Waals surface area contributed by atoms with Gasteiger partial charge in [0.2, 0.25) is 5.89 Å². The van der Waals surface area contributed by atoms with Crippen LogP contribution < -0.4 is 15.6 Å². The number of nitrogens with one attached hydrogen (secondary N) is 1.